The fourth-order valence-corrected chi connectivity index (χ4v) is 1.54. The summed E-state index contributed by atoms with van der Waals surface area (Å²) in [6.45, 7) is 7.26. The van der Waals surface area contributed by atoms with Crippen LogP contribution in [0.15, 0.2) is 18.2 Å². The summed E-state index contributed by atoms with van der Waals surface area (Å²) in [4.78, 5) is 11.8. The summed E-state index contributed by atoms with van der Waals surface area (Å²) in [5, 5.41) is 1.89. The molecule has 0 spiro atoms. The van der Waals surface area contributed by atoms with Crippen LogP contribution in [0.3, 0.4) is 0 Å². The van der Waals surface area contributed by atoms with Gasteiger partial charge in [0.05, 0.1) is 0 Å². The van der Waals surface area contributed by atoms with Gasteiger partial charge in [0, 0.05) is 5.54 Å². The Morgan fingerprint density at radius 3 is 2.47 bits per heavy atom. The van der Waals surface area contributed by atoms with Crippen LogP contribution in [0, 0.1) is 12.7 Å². The number of alkyl halides is 1. The van der Waals surface area contributed by atoms with E-state index in [0.717, 1.165) is 0 Å². The number of amides is 1. The van der Waals surface area contributed by atoms with E-state index in [-0.39, 0.29) is 17.3 Å². The van der Waals surface area contributed by atoms with Crippen LogP contribution in [0.25, 0.3) is 0 Å². The third kappa shape index (κ3) is 4.00. The zero-order valence-corrected chi connectivity index (χ0v) is 11.2. The Kier molecular flexibility index (Phi) is 4.15. The van der Waals surface area contributed by atoms with E-state index in [1.54, 1.807) is 19.1 Å². The first-order chi connectivity index (χ1) is 7.70. The number of rotatable bonds is 2. The van der Waals surface area contributed by atoms with E-state index in [2.05, 4.69) is 5.32 Å². The lowest BCUT2D eigenvalue weighted by Crippen LogP contribution is -2.42. The molecule has 17 heavy (non-hydrogen) atoms. The van der Waals surface area contributed by atoms with Crippen molar-refractivity contribution in [2.45, 2.75) is 38.6 Å². The highest BCUT2D eigenvalue weighted by Crippen LogP contribution is 2.23. The van der Waals surface area contributed by atoms with Crippen LogP contribution in [0.1, 0.15) is 37.3 Å². The molecule has 1 unspecified atom stereocenters. The summed E-state index contributed by atoms with van der Waals surface area (Å²) >= 11 is 6.01. The van der Waals surface area contributed by atoms with E-state index in [9.17, 15) is 9.18 Å². The molecule has 1 amide bonds. The van der Waals surface area contributed by atoms with Crippen LogP contribution in [-0.4, -0.2) is 11.4 Å². The number of halogens is 2. The molecule has 1 rings (SSSR count). The summed E-state index contributed by atoms with van der Waals surface area (Å²) < 4.78 is 13.4. The number of aryl methyl sites for hydroxylation is 1. The van der Waals surface area contributed by atoms with Gasteiger partial charge in [-0.1, -0.05) is 12.1 Å². The summed E-state index contributed by atoms with van der Waals surface area (Å²) in [5.41, 5.74) is 0.651. The van der Waals surface area contributed by atoms with Crippen LogP contribution in [-0.2, 0) is 4.79 Å². The van der Waals surface area contributed by atoms with Crippen molar-refractivity contribution in [2.75, 3.05) is 0 Å². The molecule has 1 aromatic carbocycles. The minimum Gasteiger partial charge on any atom is -0.350 e. The van der Waals surface area contributed by atoms with Crippen LogP contribution in [0.5, 0.6) is 0 Å². The van der Waals surface area contributed by atoms with Crippen molar-refractivity contribution in [3.8, 4) is 0 Å². The van der Waals surface area contributed by atoms with Gasteiger partial charge >= 0.3 is 0 Å². The summed E-state index contributed by atoms with van der Waals surface area (Å²) in [6.07, 6.45) is 0. The number of hydrogen-bond donors (Lipinski definition) is 1. The Labute approximate surface area is 106 Å². The minimum atomic E-state index is -0.871. The molecule has 0 aromatic heterocycles. The molecule has 4 heteroatoms. The first-order valence-corrected chi connectivity index (χ1v) is 5.86. The number of carbonyl (C=O) groups excluding carboxylic acids is 1. The van der Waals surface area contributed by atoms with Crippen molar-refractivity contribution < 1.29 is 9.18 Å². The predicted octanol–water partition coefficient (Wildman–Crippen LogP) is 3.33. The van der Waals surface area contributed by atoms with E-state index in [0.29, 0.717) is 11.1 Å². The van der Waals surface area contributed by atoms with E-state index in [1.165, 1.54) is 6.07 Å². The van der Waals surface area contributed by atoms with Gasteiger partial charge in [-0.3, -0.25) is 4.79 Å². The molecule has 0 saturated heterocycles. The van der Waals surface area contributed by atoms with Crippen molar-refractivity contribution in [2.24, 2.45) is 0 Å². The highest BCUT2D eigenvalue weighted by molar-refractivity contribution is 6.30. The second kappa shape index (κ2) is 5.05. The number of benzene rings is 1. The van der Waals surface area contributed by atoms with Gasteiger partial charge in [0.25, 0.3) is 0 Å². The van der Waals surface area contributed by atoms with Crippen molar-refractivity contribution in [1.29, 1.82) is 0 Å². The van der Waals surface area contributed by atoms with Crippen molar-refractivity contribution in [3.63, 3.8) is 0 Å². The fraction of sp³-hybridized carbons (Fsp3) is 0.462. The maximum absolute atomic E-state index is 13.4. The molecule has 1 N–H and O–H groups in total. The van der Waals surface area contributed by atoms with Gasteiger partial charge in [-0.05, 0) is 44.9 Å². The minimum absolute atomic E-state index is 0.317. The molecular formula is C13H17ClFNO. The average molecular weight is 258 g/mol. The Hall–Kier alpha value is -1.09. The van der Waals surface area contributed by atoms with Gasteiger partial charge < -0.3 is 5.32 Å². The van der Waals surface area contributed by atoms with E-state index in [4.69, 9.17) is 11.6 Å². The molecule has 1 aromatic rings. The molecule has 0 heterocycles. The first-order valence-electron chi connectivity index (χ1n) is 5.43. The lowest BCUT2D eigenvalue weighted by atomic mass is 10.1. The van der Waals surface area contributed by atoms with Gasteiger partial charge in [-0.2, -0.15) is 0 Å². The molecule has 94 valence electrons. The van der Waals surface area contributed by atoms with Crippen LogP contribution in [0.2, 0.25) is 0 Å². The quantitative estimate of drug-likeness (QED) is 0.809. The molecular weight excluding hydrogens is 241 g/mol. The topological polar surface area (TPSA) is 29.1 Å². The molecule has 0 fully saturated rings. The predicted molar refractivity (Wildman–Crippen MR) is 67.6 cm³/mol. The molecule has 0 aliphatic rings. The van der Waals surface area contributed by atoms with Gasteiger partial charge in [-0.25, -0.2) is 4.39 Å². The second-order valence-corrected chi connectivity index (χ2v) is 5.55. The average Bonchev–Trinajstić information content (AvgIpc) is 2.18. The maximum atomic E-state index is 13.4. The Bertz CT molecular complexity index is 426. The zero-order chi connectivity index (χ0) is 13.2. The lowest BCUT2D eigenvalue weighted by Gasteiger charge is -2.22. The van der Waals surface area contributed by atoms with Gasteiger partial charge in [0.15, 0.2) is 0 Å². The number of carbonyl (C=O) groups is 1. The number of nitrogens with one attached hydrogen (secondary N) is 1. The third-order valence-electron chi connectivity index (χ3n) is 2.22. The van der Waals surface area contributed by atoms with Gasteiger partial charge in [-0.15, -0.1) is 11.6 Å². The molecule has 0 aliphatic carbocycles. The summed E-state index contributed by atoms with van der Waals surface area (Å²) in [7, 11) is 0. The van der Waals surface area contributed by atoms with E-state index < -0.39 is 5.38 Å². The maximum Gasteiger partial charge on any atom is 0.243 e. The zero-order valence-electron chi connectivity index (χ0n) is 10.5. The van der Waals surface area contributed by atoms with Crippen LogP contribution in [0.4, 0.5) is 4.39 Å². The molecule has 0 saturated carbocycles. The molecule has 0 aliphatic heterocycles. The Morgan fingerprint density at radius 2 is 2.00 bits per heavy atom. The second-order valence-electron chi connectivity index (χ2n) is 5.11. The summed E-state index contributed by atoms with van der Waals surface area (Å²) in [6, 6.07) is 4.58. The normalized spacial score (nSPS) is 13.3. The highest BCUT2D eigenvalue weighted by atomic mass is 35.5. The standard InChI is InChI=1S/C13H17ClFNO/c1-8-5-6-9(7-10(8)15)11(14)12(17)16-13(2,3)4/h5-7,11H,1-4H3,(H,16,17). The fourth-order valence-electron chi connectivity index (χ4n) is 1.35. The van der Waals surface area contributed by atoms with Crippen molar-refractivity contribution in [1.82, 2.24) is 5.32 Å². The van der Waals surface area contributed by atoms with Crippen LogP contribution < -0.4 is 5.32 Å². The van der Waals surface area contributed by atoms with Crippen LogP contribution >= 0.6 is 11.6 Å². The lowest BCUT2D eigenvalue weighted by molar-refractivity contribution is -0.122. The smallest absolute Gasteiger partial charge is 0.243 e. The van der Waals surface area contributed by atoms with Crippen molar-refractivity contribution >= 4 is 17.5 Å². The molecule has 0 bridgehead atoms. The molecule has 1 atom stereocenters. The highest BCUT2D eigenvalue weighted by Gasteiger charge is 2.22. The first kappa shape index (κ1) is 14.0. The van der Waals surface area contributed by atoms with Gasteiger partial charge in [0.1, 0.15) is 11.2 Å². The monoisotopic (exact) mass is 257 g/mol. The molecule has 2 nitrogen and oxygen atoms in total. The number of hydrogen-bond acceptors (Lipinski definition) is 1. The van der Waals surface area contributed by atoms with E-state index >= 15 is 0 Å². The summed E-state index contributed by atoms with van der Waals surface area (Å²) in [5.74, 6) is -0.667. The Balaban J connectivity index is 2.85. The van der Waals surface area contributed by atoms with Crippen molar-refractivity contribution in [3.05, 3.63) is 35.1 Å². The van der Waals surface area contributed by atoms with E-state index in [1.807, 2.05) is 20.8 Å². The Morgan fingerprint density at radius 1 is 1.41 bits per heavy atom. The largest absolute Gasteiger partial charge is 0.350 e. The van der Waals surface area contributed by atoms with Gasteiger partial charge in [0.2, 0.25) is 5.91 Å². The molecule has 0 radical (unpaired) electrons. The third-order valence-corrected chi connectivity index (χ3v) is 2.67. The SMILES string of the molecule is Cc1ccc(C(Cl)C(=O)NC(C)(C)C)cc1F.